The number of hydrogen-bond acceptors (Lipinski definition) is 6. The highest BCUT2D eigenvalue weighted by Gasteiger charge is 2.22. The largest absolute Gasteiger partial charge is 0.395 e. The Balaban J connectivity index is 1.74. The van der Waals surface area contributed by atoms with E-state index in [1.54, 1.807) is 11.3 Å². The first-order valence-corrected chi connectivity index (χ1v) is 9.94. The molecule has 0 amide bonds. The Morgan fingerprint density at radius 1 is 1.04 bits per heavy atom. The third kappa shape index (κ3) is 3.32. The van der Waals surface area contributed by atoms with Crippen molar-refractivity contribution in [3.8, 4) is 11.1 Å². The summed E-state index contributed by atoms with van der Waals surface area (Å²) in [6.07, 6.45) is 0. The normalized spacial score (nSPS) is 15.7. The lowest BCUT2D eigenvalue weighted by Crippen LogP contribution is -2.47. The van der Waals surface area contributed by atoms with E-state index in [-0.39, 0.29) is 6.61 Å². The van der Waals surface area contributed by atoms with Gasteiger partial charge in [-0.3, -0.25) is 4.90 Å². The van der Waals surface area contributed by atoms with E-state index < -0.39 is 0 Å². The van der Waals surface area contributed by atoms with E-state index in [4.69, 9.17) is 10.1 Å². The van der Waals surface area contributed by atoms with Gasteiger partial charge in [0.05, 0.1) is 12.0 Å². The number of aromatic nitrogens is 2. The maximum atomic E-state index is 9.16. The van der Waals surface area contributed by atoms with Crippen molar-refractivity contribution < 1.29 is 5.11 Å². The van der Waals surface area contributed by atoms with Crippen LogP contribution in [0.5, 0.6) is 0 Å². The molecule has 6 heteroatoms. The van der Waals surface area contributed by atoms with Gasteiger partial charge >= 0.3 is 0 Å². The molecule has 1 fully saturated rings. The average Bonchev–Trinajstić information content (AvgIpc) is 3.06. The van der Waals surface area contributed by atoms with Gasteiger partial charge in [0.15, 0.2) is 0 Å². The number of benzene rings is 1. The summed E-state index contributed by atoms with van der Waals surface area (Å²) in [5, 5.41) is 12.5. The third-order valence-electron chi connectivity index (χ3n) is 4.98. The summed E-state index contributed by atoms with van der Waals surface area (Å²) in [4.78, 5) is 15.2. The lowest BCUT2D eigenvalue weighted by atomic mass is 10.0. The predicted molar refractivity (Wildman–Crippen MR) is 108 cm³/mol. The number of hydrogen-bond donors (Lipinski definition) is 1. The van der Waals surface area contributed by atoms with Gasteiger partial charge in [-0.25, -0.2) is 9.97 Å². The van der Waals surface area contributed by atoms with E-state index in [1.165, 1.54) is 22.1 Å². The third-order valence-corrected chi connectivity index (χ3v) is 5.85. The van der Waals surface area contributed by atoms with E-state index >= 15 is 0 Å². The number of thiophene rings is 1. The number of aliphatic hydroxyl groups excluding tert-OH is 1. The number of fused-ring (bicyclic) bond motifs is 1. The molecular weight excluding hydrogens is 344 g/mol. The van der Waals surface area contributed by atoms with Crippen molar-refractivity contribution in [3.05, 3.63) is 41.0 Å². The Bertz CT molecular complexity index is 898. The van der Waals surface area contributed by atoms with Crippen molar-refractivity contribution in [3.63, 3.8) is 0 Å². The molecule has 2 aromatic heterocycles. The molecule has 3 heterocycles. The predicted octanol–water partition coefficient (Wildman–Crippen LogP) is 3.09. The second kappa shape index (κ2) is 7.31. The first kappa shape index (κ1) is 17.4. The standard InChI is InChI=1S/C20H24N4OS/c1-14-3-5-16(6-4-14)17-13-26-20-18(17)19(21-15(2)22-20)24-9-7-23(8-10-24)11-12-25/h3-6,13,25H,7-12H2,1-2H3. The van der Waals surface area contributed by atoms with Crippen LogP contribution in [0.4, 0.5) is 5.82 Å². The van der Waals surface area contributed by atoms with Crippen molar-refractivity contribution in [2.45, 2.75) is 13.8 Å². The molecule has 0 saturated carbocycles. The van der Waals surface area contributed by atoms with Crippen LogP contribution in [0.1, 0.15) is 11.4 Å². The molecule has 0 radical (unpaired) electrons. The van der Waals surface area contributed by atoms with E-state index in [0.717, 1.165) is 49.2 Å². The van der Waals surface area contributed by atoms with Gasteiger partial charge in [-0.2, -0.15) is 0 Å². The molecule has 3 aromatic rings. The molecule has 1 aliphatic heterocycles. The quantitative estimate of drug-likeness (QED) is 0.767. The summed E-state index contributed by atoms with van der Waals surface area (Å²) >= 11 is 1.69. The Morgan fingerprint density at radius 2 is 1.77 bits per heavy atom. The Morgan fingerprint density at radius 3 is 2.46 bits per heavy atom. The number of piperazine rings is 1. The first-order chi connectivity index (χ1) is 12.7. The minimum absolute atomic E-state index is 0.221. The van der Waals surface area contributed by atoms with Crippen molar-refractivity contribution in [2.75, 3.05) is 44.2 Å². The van der Waals surface area contributed by atoms with Crippen LogP contribution < -0.4 is 4.90 Å². The number of anilines is 1. The van der Waals surface area contributed by atoms with Gasteiger partial charge in [-0.1, -0.05) is 29.8 Å². The maximum absolute atomic E-state index is 9.16. The zero-order valence-electron chi connectivity index (χ0n) is 15.3. The summed E-state index contributed by atoms with van der Waals surface area (Å²) in [6.45, 7) is 8.81. The van der Waals surface area contributed by atoms with Gasteiger partial charge < -0.3 is 10.0 Å². The Kier molecular flexibility index (Phi) is 4.89. The van der Waals surface area contributed by atoms with Crippen LogP contribution in [-0.2, 0) is 0 Å². The van der Waals surface area contributed by atoms with Gasteiger partial charge in [-0.05, 0) is 19.4 Å². The molecule has 4 rings (SSSR count). The maximum Gasteiger partial charge on any atom is 0.141 e. The summed E-state index contributed by atoms with van der Waals surface area (Å²) in [5.41, 5.74) is 3.70. The number of nitrogens with zero attached hydrogens (tertiary/aromatic N) is 4. The topological polar surface area (TPSA) is 52.5 Å². The number of aryl methyl sites for hydroxylation is 2. The van der Waals surface area contributed by atoms with E-state index in [1.807, 2.05) is 6.92 Å². The molecule has 0 spiro atoms. The van der Waals surface area contributed by atoms with Crippen LogP contribution in [0.2, 0.25) is 0 Å². The Hall–Kier alpha value is -2.02. The highest BCUT2D eigenvalue weighted by atomic mass is 32.1. The number of β-amino-alcohol motifs (C(OH)–C–C–N with tert-alkyl or cyclic N) is 1. The van der Waals surface area contributed by atoms with Crippen LogP contribution in [0.15, 0.2) is 29.6 Å². The lowest BCUT2D eigenvalue weighted by Gasteiger charge is -2.35. The van der Waals surface area contributed by atoms with Crippen LogP contribution in [0.3, 0.4) is 0 Å². The van der Waals surface area contributed by atoms with Crippen molar-refractivity contribution in [2.24, 2.45) is 0 Å². The zero-order valence-corrected chi connectivity index (χ0v) is 16.1. The number of aliphatic hydroxyl groups is 1. The van der Waals surface area contributed by atoms with Crippen LogP contribution in [-0.4, -0.2) is 59.3 Å². The molecule has 26 heavy (non-hydrogen) atoms. The van der Waals surface area contributed by atoms with Gasteiger partial charge in [0.1, 0.15) is 16.5 Å². The Labute approximate surface area is 157 Å². The summed E-state index contributed by atoms with van der Waals surface area (Å²) in [5.74, 6) is 1.87. The fourth-order valence-electron chi connectivity index (χ4n) is 3.53. The molecule has 0 aliphatic carbocycles. The van der Waals surface area contributed by atoms with Gasteiger partial charge in [0.2, 0.25) is 0 Å². The van der Waals surface area contributed by atoms with E-state index in [2.05, 4.69) is 51.4 Å². The molecular formula is C20H24N4OS. The summed E-state index contributed by atoms with van der Waals surface area (Å²) in [6, 6.07) is 8.67. The van der Waals surface area contributed by atoms with Crippen LogP contribution in [0.25, 0.3) is 21.3 Å². The summed E-state index contributed by atoms with van der Waals surface area (Å²) < 4.78 is 0. The SMILES string of the molecule is Cc1ccc(-c2csc3nc(C)nc(N4CCN(CCO)CC4)c23)cc1. The van der Waals surface area contributed by atoms with Crippen molar-refractivity contribution >= 4 is 27.4 Å². The van der Waals surface area contributed by atoms with Crippen LogP contribution >= 0.6 is 11.3 Å². The van der Waals surface area contributed by atoms with Crippen LogP contribution in [0, 0.1) is 13.8 Å². The molecule has 1 saturated heterocycles. The highest BCUT2D eigenvalue weighted by molar-refractivity contribution is 7.17. The van der Waals surface area contributed by atoms with Gasteiger partial charge in [-0.15, -0.1) is 11.3 Å². The average molecular weight is 369 g/mol. The number of rotatable bonds is 4. The van der Waals surface area contributed by atoms with E-state index in [9.17, 15) is 0 Å². The molecule has 0 unspecified atom stereocenters. The molecule has 0 bridgehead atoms. The minimum atomic E-state index is 0.221. The second-order valence-electron chi connectivity index (χ2n) is 6.84. The molecule has 136 valence electrons. The van der Waals surface area contributed by atoms with Crippen molar-refractivity contribution in [1.29, 1.82) is 0 Å². The molecule has 0 atom stereocenters. The monoisotopic (exact) mass is 368 g/mol. The van der Waals surface area contributed by atoms with Crippen molar-refractivity contribution in [1.82, 2.24) is 14.9 Å². The zero-order chi connectivity index (χ0) is 18.1. The molecule has 5 nitrogen and oxygen atoms in total. The minimum Gasteiger partial charge on any atom is -0.395 e. The highest BCUT2D eigenvalue weighted by Crippen LogP contribution is 2.38. The summed E-state index contributed by atoms with van der Waals surface area (Å²) in [7, 11) is 0. The smallest absolute Gasteiger partial charge is 0.141 e. The fraction of sp³-hybridized carbons (Fsp3) is 0.400. The van der Waals surface area contributed by atoms with Gasteiger partial charge in [0, 0.05) is 43.7 Å². The second-order valence-corrected chi connectivity index (χ2v) is 7.70. The lowest BCUT2D eigenvalue weighted by molar-refractivity contribution is 0.188. The van der Waals surface area contributed by atoms with E-state index in [0.29, 0.717) is 0 Å². The molecule has 1 aliphatic rings. The van der Waals surface area contributed by atoms with Gasteiger partial charge in [0.25, 0.3) is 0 Å². The molecule has 1 aromatic carbocycles. The fourth-order valence-corrected chi connectivity index (χ4v) is 4.51. The first-order valence-electron chi connectivity index (χ1n) is 9.07. The molecule has 1 N–H and O–H groups in total.